The fourth-order valence-corrected chi connectivity index (χ4v) is 5.34. The van der Waals surface area contributed by atoms with Crippen LogP contribution in [0.25, 0.3) is 0 Å². The number of carbonyl (C=O) groups excluding carboxylic acids is 1. The topological polar surface area (TPSA) is 84.9 Å². The monoisotopic (exact) mass is 432 g/mol. The number of sulfonamides is 1. The summed E-state index contributed by atoms with van der Waals surface area (Å²) in [6.45, 7) is 2.45. The Morgan fingerprint density at radius 2 is 1.83 bits per heavy atom. The summed E-state index contributed by atoms with van der Waals surface area (Å²) < 4.78 is 39.2. The van der Waals surface area contributed by atoms with Crippen LogP contribution in [0.2, 0.25) is 0 Å². The highest BCUT2D eigenvalue weighted by atomic mass is 32.2. The molecule has 1 heterocycles. The van der Waals surface area contributed by atoms with Crippen molar-refractivity contribution in [3.63, 3.8) is 0 Å². The highest BCUT2D eigenvalue weighted by Crippen LogP contribution is 2.30. The van der Waals surface area contributed by atoms with Gasteiger partial charge in [0.25, 0.3) is 0 Å². The molecule has 8 heteroatoms. The zero-order valence-electron chi connectivity index (χ0n) is 17.6. The Kier molecular flexibility index (Phi) is 6.99. The summed E-state index contributed by atoms with van der Waals surface area (Å²) in [5.74, 6) is 0.805. The molecule has 0 spiro atoms. The molecule has 1 saturated heterocycles. The number of ether oxygens (including phenoxy) is 2. The lowest BCUT2D eigenvalue weighted by Crippen LogP contribution is -2.48. The minimum Gasteiger partial charge on any atom is -0.493 e. The number of carbonyl (C=O) groups is 1. The fourth-order valence-electron chi connectivity index (χ4n) is 3.63. The van der Waals surface area contributed by atoms with E-state index in [0.29, 0.717) is 30.0 Å². The second-order valence-corrected chi connectivity index (χ2v) is 9.25. The number of hydrogen-bond acceptors (Lipinski definition) is 5. The van der Waals surface area contributed by atoms with Crippen LogP contribution in [-0.2, 0) is 21.4 Å². The lowest BCUT2D eigenvalue weighted by molar-refractivity contribution is -0.124. The van der Waals surface area contributed by atoms with E-state index in [4.69, 9.17) is 9.47 Å². The highest BCUT2D eigenvalue weighted by molar-refractivity contribution is 7.89. The smallest absolute Gasteiger partial charge is 0.244 e. The van der Waals surface area contributed by atoms with Gasteiger partial charge in [-0.05, 0) is 61.6 Å². The molecule has 162 valence electrons. The number of aryl methyl sites for hydroxylation is 1. The Balaban J connectivity index is 2.04. The van der Waals surface area contributed by atoms with Crippen LogP contribution in [-0.4, -0.2) is 45.4 Å². The van der Waals surface area contributed by atoms with Crippen molar-refractivity contribution < 1.29 is 22.7 Å². The van der Waals surface area contributed by atoms with Gasteiger partial charge in [-0.3, -0.25) is 4.79 Å². The first-order chi connectivity index (χ1) is 14.4. The van der Waals surface area contributed by atoms with Crippen molar-refractivity contribution in [1.82, 2.24) is 9.62 Å². The van der Waals surface area contributed by atoms with Gasteiger partial charge in [-0.2, -0.15) is 4.31 Å². The molecule has 0 aromatic heterocycles. The molecule has 1 unspecified atom stereocenters. The standard InChI is InChI=1S/C22H28N2O5S/c1-16-7-6-8-18(13-16)30(26,27)24(19-9-4-5-12-23-22(19)25)15-17-10-11-20(28-2)21(14-17)29-3/h6-8,10-11,13-14,19H,4-5,9,12,15H2,1-3H3,(H,23,25). The molecule has 1 atom stereocenters. The van der Waals surface area contributed by atoms with E-state index in [2.05, 4.69) is 5.32 Å². The lowest BCUT2D eigenvalue weighted by atomic mass is 10.1. The van der Waals surface area contributed by atoms with Gasteiger partial charge in [0.05, 0.1) is 19.1 Å². The first kappa shape index (κ1) is 22.1. The molecule has 30 heavy (non-hydrogen) atoms. The summed E-state index contributed by atoms with van der Waals surface area (Å²) >= 11 is 0. The molecule has 7 nitrogen and oxygen atoms in total. The Hall–Kier alpha value is -2.58. The molecular weight excluding hydrogens is 404 g/mol. The summed E-state index contributed by atoms with van der Waals surface area (Å²) in [5, 5.41) is 2.85. The minimum atomic E-state index is -3.91. The molecular formula is C22H28N2O5S. The van der Waals surface area contributed by atoms with Gasteiger partial charge in [-0.25, -0.2) is 8.42 Å². The Labute approximate surface area is 178 Å². The third-order valence-corrected chi connectivity index (χ3v) is 7.09. The van der Waals surface area contributed by atoms with Crippen LogP contribution < -0.4 is 14.8 Å². The Morgan fingerprint density at radius 3 is 2.53 bits per heavy atom. The van der Waals surface area contributed by atoms with Gasteiger partial charge in [0.2, 0.25) is 15.9 Å². The van der Waals surface area contributed by atoms with E-state index < -0.39 is 16.1 Å². The van der Waals surface area contributed by atoms with Crippen molar-refractivity contribution in [3.8, 4) is 11.5 Å². The maximum absolute atomic E-state index is 13.6. The molecule has 2 aromatic carbocycles. The normalized spacial score (nSPS) is 17.3. The Bertz CT molecular complexity index is 1010. The van der Waals surface area contributed by atoms with E-state index in [1.165, 1.54) is 11.4 Å². The molecule has 0 saturated carbocycles. The minimum absolute atomic E-state index is 0.0503. The molecule has 0 aliphatic carbocycles. The molecule has 1 fully saturated rings. The van der Waals surface area contributed by atoms with Crippen LogP contribution in [0.15, 0.2) is 47.4 Å². The fraction of sp³-hybridized carbons (Fsp3) is 0.409. The predicted octanol–water partition coefficient (Wildman–Crippen LogP) is 2.87. The van der Waals surface area contributed by atoms with Crippen LogP contribution in [0.5, 0.6) is 11.5 Å². The van der Waals surface area contributed by atoms with Crippen LogP contribution in [0.4, 0.5) is 0 Å². The average Bonchev–Trinajstić information content (AvgIpc) is 2.95. The number of methoxy groups -OCH3 is 2. The van der Waals surface area contributed by atoms with Gasteiger partial charge in [0, 0.05) is 13.1 Å². The summed E-state index contributed by atoms with van der Waals surface area (Å²) in [5.41, 5.74) is 1.55. The molecule has 2 aromatic rings. The molecule has 0 radical (unpaired) electrons. The summed E-state index contributed by atoms with van der Waals surface area (Å²) in [6, 6.07) is 11.2. The first-order valence-electron chi connectivity index (χ1n) is 9.94. The van der Waals surface area contributed by atoms with E-state index in [0.717, 1.165) is 18.4 Å². The quantitative estimate of drug-likeness (QED) is 0.727. The Morgan fingerprint density at radius 1 is 1.07 bits per heavy atom. The molecule has 1 aliphatic rings. The number of benzene rings is 2. The molecule has 1 N–H and O–H groups in total. The van der Waals surface area contributed by atoms with E-state index in [9.17, 15) is 13.2 Å². The third kappa shape index (κ3) is 4.76. The van der Waals surface area contributed by atoms with E-state index >= 15 is 0 Å². The van der Waals surface area contributed by atoms with Crippen LogP contribution in [0.1, 0.15) is 30.4 Å². The van der Waals surface area contributed by atoms with Crippen molar-refractivity contribution in [2.45, 2.75) is 43.7 Å². The number of nitrogens with zero attached hydrogens (tertiary/aromatic N) is 1. The molecule has 1 amide bonds. The second kappa shape index (κ2) is 9.49. The largest absolute Gasteiger partial charge is 0.493 e. The third-order valence-electron chi connectivity index (χ3n) is 5.24. The summed E-state index contributed by atoms with van der Waals surface area (Å²) in [4.78, 5) is 12.9. The van der Waals surface area contributed by atoms with Crippen LogP contribution in [0.3, 0.4) is 0 Å². The van der Waals surface area contributed by atoms with Crippen molar-refractivity contribution in [1.29, 1.82) is 0 Å². The highest BCUT2D eigenvalue weighted by Gasteiger charge is 2.36. The van der Waals surface area contributed by atoms with Crippen LogP contribution in [0, 0.1) is 6.92 Å². The number of hydrogen-bond donors (Lipinski definition) is 1. The first-order valence-corrected chi connectivity index (χ1v) is 11.4. The summed E-state index contributed by atoms with van der Waals surface area (Å²) in [6.07, 6.45) is 2.08. The zero-order chi connectivity index (χ0) is 21.7. The van der Waals surface area contributed by atoms with Crippen molar-refractivity contribution in [3.05, 3.63) is 53.6 Å². The van der Waals surface area contributed by atoms with E-state index in [1.54, 1.807) is 43.5 Å². The van der Waals surface area contributed by atoms with Gasteiger partial charge in [-0.15, -0.1) is 0 Å². The van der Waals surface area contributed by atoms with Gasteiger partial charge in [-0.1, -0.05) is 18.2 Å². The van der Waals surface area contributed by atoms with Crippen molar-refractivity contribution in [2.24, 2.45) is 0 Å². The van der Waals surface area contributed by atoms with E-state index in [1.807, 2.05) is 13.0 Å². The van der Waals surface area contributed by atoms with Gasteiger partial charge in [0.1, 0.15) is 6.04 Å². The van der Waals surface area contributed by atoms with Gasteiger partial charge < -0.3 is 14.8 Å². The maximum Gasteiger partial charge on any atom is 0.244 e. The van der Waals surface area contributed by atoms with Gasteiger partial charge in [0.15, 0.2) is 11.5 Å². The van der Waals surface area contributed by atoms with Crippen LogP contribution >= 0.6 is 0 Å². The summed E-state index contributed by atoms with van der Waals surface area (Å²) in [7, 11) is -0.832. The maximum atomic E-state index is 13.6. The lowest BCUT2D eigenvalue weighted by Gasteiger charge is -2.29. The van der Waals surface area contributed by atoms with E-state index in [-0.39, 0.29) is 17.3 Å². The average molecular weight is 433 g/mol. The molecule has 3 rings (SSSR count). The molecule has 1 aliphatic heterocycles. The zero-order valence-corrected chi connectivity index (χ0v) is 18.4. The van der Waals surface area contributed by atoms with Crippen molar-refractivity contribution >= 4 is 15.9 Å². The number of rotatable bonds is 7. The van der Waals surface area contributed by atoms with Gasteiger partial charge >= 0.3 is 0 Å². The predicted molar refractivity (Wildman–Crippen MR) is 114 cm³/mol. The van der Waals surface area contributed by atoms with Crippen molar-refractivity contribution in [2.75, 3.05) is 20.8 Å². The second-order valence-electron chi connectivity index (χ2n) is 7.36. The number of nitrogens with one attached hydrogen (secondary N) is 1. The SMILES string of the molecule is COc1ccc(CN(C2CCCCNC2=O)S(=O)(=O)c2cccc(C)c2)cc1OC. The number of amides is 1. The molecule has 0 bridgehead atoms.